The van der Waals surface area contributed by atoms with E-state index in [2.05, 4.69) is 5.32 Å². The molecule has 0 aromatic heterocycles. The van der Waals surface area contributed by atoms with Crippen LogP contribution in [0.2, 0.25) is 0 Å². The Morgan fingerprint density at radius 1 is 1.30 bits per heavy atom. The molecule has 6 nitrogen and oxygen atoms in total. The summed E-state index contributed by atoms with van der Waals surface area (Å²) >= 11 is 0. The van der Waals surface area contributed by atoms with Crippen LogP contribution in [0.1, 0.15) is 63.7 Å². The SMILES string of the molecule is CCCO[C@](C)(C(=O)Nc1ccc(O[C@@H](C)CC)c(C(=O)OC)c1)C1CC1. The number of ether oxygens (including phenoxy) is 3. The lowest BCUT2D eigenvalue weighted by Gasteiger charge is -2.28. The van der Waals surface area contributed by atoms with Gasteiger partial charge in [-0.15, -0.1) is 0 Å². The summed E-state index contributed by atoms with van der Waals surface area (Å²) < 4.78 is 16.6. The van der Waals surface area contributed by atoms with Crippen molar-refractivity contribution in [1.29, 1.82) is 0 Å². The fraction of sp³-hybridized carbons (Fsp3) is 0.619. The van der Waals surface area contributed by atoms with Gasteiger partial charge >= 0.3 is 5.97 Å². The van der Waals surface area contributed by atoms with Gasteiger partial charge in [-0.05, 0) is 63.6 Å². The van der Waals surface area contributed by atoms with Crippen molar-refractivity contribution >= 4 is 17.6 Å². The first-order valence-corrected chi connectivity index (χ1v) is 9.70. The van der Waals surface area contributed by atoms with Gasteiger partial charge in [-0.2, -0.15) is 0 Å². The number of hydrogen-bond acceptors (Lipinski definition) is 5. The van der Waals surface area contributed by atoms with Crippen LogP contribution in [0.25, 0.3) is 0 Å². The Bertz CT molecular complexity index is 671. The summed E-state index contributed by atoms with van der Waals surface area (Å²) in [7, 11) is 1.32. The van der Waals surface area contributed by atoms with Crippen LogP contribution in [0.15, 0.2) is 18.2 Å². The average molecular weight is 377 g/mol. The Kier molecular flexibility index (Phi) is 7.25. The maximum atomic E-state index is 12.9. The molecule has 6 heteroatoms. The topological polar surface area (TPSA) is 73.9 Å². The van der Waals surface area contributed by atoms with Crippen LogP contribution in [-0.4, -0.2) is 37.3 Å². The summed E-state index contributed by atoms with van der Waals surface area (Å²) in [5.74, 6) is -0.0139. The molecule has 1 aliphatic rings. The number of benzene rings is 1. The Hall–Kier alpha value is -2.08. The first-order valence-electron chi connectivity index (χ1n) is 9.70. The molecule has 27 heavy (non-hydrogen) atoms. The molecule has 0 aliphatic heterocycles. The fourth-order valence-electron chi connectivity index (χ4n) is 2.85. The van der Waals surface area contributed by atoms with Gasteiger partial charge in [0.15, 0.2) is 0 Å². The van der Waals surface area contributed by atoms with Gasteiger partial charge in [0.05, 0.1) is 13.2 Å². The van der Waals surface area contributed by atoms with Crippen LogP contribution in [0.5, 0.6) is 5.75 Å². The molecule has 1 aromatic rings. The van der Waals surface area contributed by atoms with Gasteiger partial charge in [0.2, 0.25) is 0 Å². The maximum Gasteiger partial charge on any atom is 0.341 e. The van der Waals surface area contributed by atoms with Crippen molar-refractivity contribution in [2.45, 2.75) is 65.1 Å². The fourth-order valence-corrected chi connectivity index (χ4v) is 2.85. The van der Waals surface area contributed by atoms with Gasteiger partial charge in [-0.1, -0.05) is 13.8 Å². The van der Waals surface area contributed by atoms with E-state index in [1.54, 1.807) is 18.2 Å². The van der Waals surface area contributed by atoms with Crippen LogP contribution in [-0.2, 0) is 14.3 Å². The summed E-state index contributed by atoms with van der Waals surface area (Å²) in [6.45, 7) is 8.34. The van der Waals surface area contributed by atoms with Crippen LogP contribution in [0, 0.1) is 5.92 Å². The average Bonchev–Trinajstić information content (AvgIpc) is 3.52. The van der Waals surface area contributed by atoms with Crippen LogP contribution >= 0.6 is 0 Å². The molecule has 1 amide bonds. The highest BCUT2D eigenvalue weighted by molar-refractivity contribution is 6.00. The number of anilines is 1. The minimum Gasteiger partial charge on any atom is -0.490 e. The molecule has 1 aliphatic carbocycles. The monoisotopic (exact) mass is 377 g/mol. The van der Waals surface area contributed by atoms with Crippen molar-refractivity contribution in [3.8, 4) is 5.75 Å². The third-order valence-corrected chi connectivity index (χ3v) is 4.96. The lowest BCUT2D eigenvalue weighted by atomic mass is 9.98. The van der Waals surface area contributed by atoms with Gasteiger partial charge in [-0.25, -0.2) is 4.79 Å². The number of methoxy groups -OCH3 is 1. The molecule has 2 atom stereocenters. The molecule has 1 N–H and O–H groups in total. The number of nitrogens with one attached hydrogen (secondary N) is 1. The standard InChI is InChI=1S/C21H31NO5/c1-6-12-26-21(4,15-8-9-15)20(24)22-16-10-11-18(27-14(3)7-2)17(13-16)19(23)25-5/h10-11,13-15H,6-9,12H2,1-5H3,(H,22,24)/t14-,21-/m0/s1. The molecule has 0 bridgehead atoms. The first-order chi connectivity index (χ1) is 12.8. The lowest BCUT2D eigenvalue weighted by Crippen LogP contribution is -2.45. The molecule has 0 spiro atoms. The van der Waals surface area contributed by atoms with Gasteiger partial charge in [0, 0.05) is 12.3 Å². The molecule has 0 unspecified atom stereocenters. The smallest absolute Gasteiger partial charge is 0.341 e. The number of esters is 1. The van der Waals surface area contributed by atoms with E-state index in [-0.39, 0.29) is 17.9 Å². The number of hydrogen-bond donors (Lipinski definition) is 1. The highest BCUT2D eigenvalue weighted by atomic mass is 16.5. The van der Waals surface area contributed by atoms with Gasteiger partial charge < -0.3 is 19.5 Å². The molecule has 1 fully saturated rings. The second kappa shape index (κ2) is 9.22. The third-order valence-electron chi connectivity index (χ3n) is 4.96. The maximum absolute atomic E-state index is 12.9. The minimum atomic E-state index is -0.854. The summed E-state index contributed by atoms with van der Waals surface area (Å²) in [6.07, 6.45) is 3.61. The summed E-state index contributed by atoms with van der Waals surface area (Å²) in [5, 5.41) is 2.90. The van der Waals surface area contributed by atoms with Crippen molar-refractivity contribution in [1.82, 2.24) is 0 Å². The largest absolute Gasteiger partial charge is 0.490 e. The van der Waals surface area contributed by atoms with Crippen molar-refractivity contribution in [2.75, 3.05) is 19.0 Å². The summed E-state index contributed by atoms with van der Waals surface area (Å²) in [4.78, 5) is 25.1. The Balaban J connectivity index is 2.22. The van der Waals surface area contributed by atoms with Crippen LogP contribution < -0.4 is 10.1 Å². The molecular formula is C21H31NO5. The molecule has 2 rings (SSSR count). The first kappa shape index (κ1) is 21.2. The van der Waals surface area contributed by atoms with Crippen molar-refractivity contribution in [2.24, 2.45) is 5.92 Å². The number of rotatable bonds is 10. The van der Waals surface area contributed by atoms with Crippen molar-refractivity contribution in [3.05, 3.63) is 23.8 Å². The van der Waals surface area contributed by atoms with E-state index >= 15 is 0 Å². The van der Waals surface area contributed by atoms with E-state index in [0.717, 1.165) is 25.7 Å². The van der Waals surface area contributed by atoms with E-state index in [1.807, 2.05) is 27.7 Å². The Labute approximate surface area is 161 Å². The lowest BCUT2D eigenvalue weighted by molar-refractivity contribution is -0.142. The normalized spacial score (nSPS) is 16.9. The quantitative estimate of drug-likeness (QED) is 0.619. The van der Waals surface area contributed by atoms with Gasteiger partial charge in [0.25, 0.3) is 5.91 Å². The Morgan fingerprint density at radius 2 is 2.00 bits per heavy atom. The highest BCUT2D eigenvalue weighted by Crippen LogP contribution is 2.42. The molecule has 0 heterocycles. The van der Waals surface area contributed by atoms with E-state index in [4.69, 9.17) is 14.2 Å². The second-order valence-electron chi connectivity index (χ2n) is 7.22. The van der Waals surface area contributed by atoms with E-state index < -0.39 is 11.6 Å². The number of carbonyl (C=O) groups excluding carboxylic acids is 2. The molecular weight excluding hydrogens is 346 g/mol. The zero-order valence-electron chi connectivity index (χ0n) is 17.0. The zero-order chi connectivity index (χ0) is 20.0. The third kappa shape index (κ3) is 5.22. The zero-order valence-corrected chi connectivity index (χ0v) is 17.0. The summed E-state index contributed by atoms with van der Waals surface area (Å²) in [6, 6.07) is 5.01. The Morgan fingerprint density at radius 3 is 2.56 bits per heavy atom. The predicted molar refractivity (Wildman–Crippen MR) is 104 cm³/mol. The number of carbonyl (C=O) groups is 2. The van der Waals surface area contributed by atoms with E-state index in [9.17, 15) is 9.59 Å². The molecule has 1 aromatic carbocycles. The van der Waals surface area contributed by atoms with Crippen LogP contribution in [0.4, 0.5) is 5.69 Å². The minimum absolute atomic E-state index is 0.0329. The molecule has 1 saturated carbocycles. The predicted octanol–water partition coefficient (Wildman–Crippen LogP) is 4.18. The summed E-state index contributed by atoms with van der Waals surface area (Å²) in [5.41, 5.74) is -0.0464. The molecule has 0 saturated heterocycles. The van der Waals surface area contributed by atoms with Gasteiger partial charge in [0.1, 0.15) is 16.9 Å². The van der Waals surface area contributed by atoms with E-state index in [0.29, 0.717) is 23.6 Å². The number of amides is 1. The molecule has 150 valence electrons. The van der Waals surface area contributed by atoms with E-state index in [1.165, 1.54) is 7.11 Å². The van der Waals surface area contributed by atoms with Crippen molar-refractivity contribution < 1.29 is 23.8 Å². The van der Waals surface area contributed by atoms with Crippen molar-refractivity contribution in [3.63, 3.8) is 0 Å². The van der Waals surface area contributed by atoms with Crippen LogP contribution in [0.3, 0.4) is 0 Å². The second-order valence-corrected chi connectivity index (χ2v) is 7.22. The highest BCUT2D eigenvalue weighted by Gasteiger charge is 2.48. The molecule has 0 radical (unpaired) electrons. The van der Waals surface area contributed by atoms with Gasteiger partial charge in [-0.3, -0.25) is 4.79 Å².